The Kier molecular flexibility index (Phi) is 3.36. The monoisotopic (exact) mass is 285 g/mol. The van der Waals surface area contributed by atoms with Crippen molar-refractivity contribution < 1.29 is 0 Å². The van der Waals surface area contributed by atoms with Crippen molar-refractivity contribution in [3.8, 4) is 0 Å². The fourth-order valence-electron chi connectivity index (χ4n) is 1.91. The molecule has 0 radical (unpaired) electrons. The zero-order chi connectivity index (χ0) is 13.2. The van der Waals surface area contributed by atoms with Gasteiger partial charge in [-0.05, 0) is 49.4 Å². The van der Waals surface area contributed by atoms with E-state index in [9.17, 15) is 0 Å². The lowest BCUT2D eigenvalue weighted by atomic mass is 10.2. The number of hydrogen-bond donors (Lipinski definition) is 0. The summed E-state index contributed by atoms with van der Waals surface area (Å²) in [6, 6.07) is 14.1. The Balaban J connectivity index is 1.94. The number of hydrogen-bond acceptors (Lipinski definition) is 2. The van der Waals surface area contributed by atoms with Crippen LogP contribution in [0.3, 0.4) is 0 Å². The molecule has 0 N–H and O–H groups in total. The summed E-state index contributed by atoms with van der Waals surface area (Å²) in [5.41, 5.74) is 1.87. The molecule has 0 saturated heterocycles. The summed E-state index contributed by atoms with van der Waals surface area (Å²) >= 11 is 7.77. The van der Waals surface area contributed by atoms with Gasteiger partial charge in [-0.15, -0.1) is 11.3 Å². The Bertz CT molecular complexity index is 758. The van der Waals surface area contributed by atoms with Gasteiger partial charge in [0.25, 0.3) is 0 Å². The highest BCUT2D eigenvalue weighted by molar-refractivity contribution is 7.12. The summed E-state index contributed by atoms with van der Waals surface area (Å²) in [5, 5.41) is 1.82. The van der Waals surface area contributed by atoms with Gasteiger partial charge in [-0.25, -0.2) is 4.98 Å². The number of aryl methyl sites for hydroxylation is 1. The van der Waals surface area contributed by atoms with Gasteiger partial charge in [-0.3, -0.25) is 0 Å². The molecular formula is C16H12ClNS. The van der Waals surface area contributed by atoms with Gasteiger partial charge in [-0.2, -0.15) is 0 Å². The lowest BCUT2D eigenvalue weighted by molar-refractivity contribution is 1.37. The zero-order valence-electron chi connectivity index (χ0n) is 10.4. The van der Waals surface area contributed by atoms with E-state index in [0.29, 0.717) is 0 Å². The predicted molar refractivity (Wildman–Crippen MR) is 84.7 cm³/mol. The maximum absolute atomic E-state index is 5.99. The number of fused-ring (bicyclic) bond motifs is 1. The van der Waals surface area contributed by atoms with E-state index in [1.807, 2.05) is 30.3 Å². The molecular weight excluding hydrogens is 274 g/mol. The van der Waals surface area contributed by atoms with Crippen LogP contribution in [0, 0.1) is 6.92 Å². The first kappa shape index (κ1) is 12.4. The fraction of sp³-hybridized carbons (Fsp3) is 0.0625. The molecule has 1 nitrogen and oxygen atoms in total. The van der Waals surface area contributed by atoms with Crippen LogP contribution >= 0.6 is 22.9 Å². The molecule has 94 valence electrons. The number of benzene rings is 1. The first-order valence-electron chi connectivity index (χ1n) is 6.01. The molecule has 2 aromatic heterocycles. The third kappa shape index (κ3) is 2.86. The van der Waals surface area contributed by atoms with Crippen LogP contribution in [0.2, 0.25) is 5.02 Å². The van der Waals surface area contributed by atoms with Crippen LogP contribution in [0.4, 0.5) is 0 Å². The molecule has 0 atom stereocenters. The van der Waals surface area contributed by atoms with Crippen molar-refractivity contribution in [2.75, 3.05) is 0 Å². The minimum absolute atomic E-state index is 0.718. The van der Waals surface area contributed by atoms with Gasteiger partial charge in [0.15, 0.2) is 0 Å². The van der Waals surface area contributed by atoms with Crippen molar-refractivity contribution >= 4 is 46.0 Å². The third-order valence-corrected chi connectivity index (χ3v) is 4.06. The van der Waals surface area contributed by atoms with E-state index in [1.54, 1.807) is 11.3 Å². The second-order valence-electron chi connectivity index (χ2n) is 4.35. The summed E-state index contributed by atoms with van der Waals surface area (Å²) in [6.45, 7) is 2.11. The maximum Gasteiger partial charge on any atom is 0.0724 e. The highest BCUT2D eigenvalue weighted by Gasteiger charge is 1.98. The summed E-state index contributed by atoms with van der Waals surface area (Å²) < 4.78 is 0. The predicted octanol–water partition coefficient (Wildman–Crippen LogP) is 5.43. The van der Waals surface area contributed by atoms with Crippen LogP contribution in [-0.2, 0) is 0 Å². The standard InChI is InChI=1S/C16H12ClNS/c1-11-2-8-15(19-11)9-7-14-6-4-12-3-5-13(17)10-16(12)18-14/h2-10H,1H3/b9-7+. The molecule has 0 unspecified atom stereocenters. The number of thiophene rings is 1. The van der Waals surface area contributed by atoms with E-state index in [-0.39, 0.29) is 0 Å². The number of rotatable bonds is 2. The van der Waals surface area contributed by atoms with Crippen LogP contribution in [0.5, 0.6) is 0 Å². The number of aromatic nitrogens is 1. The molecule has 0 aliphatic carbocycles. The van der Waals surface area contributed by atoms with Crippen LogP contribution in [-0.4, -0.2) is 4.98 Å². The first-order valence-corrected chi connectivity index (χ1v) is 7.21. The summed E-state index contributed by atoms with van der Waals surface area (Å²) in [7, 11) is 0. The van der Waals surface area contributed by atoms with Gasteiger partial charge in [0.05, 0.1) is 11.2 Å². The van der Waals surface area contributed by atoms with Gasteiger partial charge in [0.2, 0.25) is 0 Å². The molecule has 2 heterocycles. The Morgan fingerprint density at radius 2 is 1.89 bits per heavy atom. The van der Waals surface area contributed by atoms with Crippen molar-refractivity contribution in [1.29, 1.82) is 0 Å². The Morgan fingerprint density at radius 3 is 2.68 bits per heavy atom. The molecule has 19 heavy (non-hydrogen) atoms. The minimum Gasteiger partial charge on any atom is -0.248 e. The van der Waals surface area contributed by atoms with Crippen LogP contribution < -0.4 is 0 Å². The Morgan fingerprint density at radius 1 is 1.05 bits per heavy atom. The second-order valence-corrected chi connectivity index (χ2v) is 6.11. The van der Waals surface area contributed by atoms with Crippen LogP contribution in [0.15, 0.2) is 42.5 Å². The molecule has 3 aromatic rings. The lowest BCUT2D eigenvalue weighted by Crippen LogP contribution is -1.82. The first-order chi connectivity index (χ1) is 9.20. The SMILES string of the molecule is Cc1ccc(/C=C/c2ccc3ccc(Cl)cc3n2)s1. The van der Waals surface area contributed by atoms with Crippen molar-refractivity contribution in [2.45, 2.75) is 6.92 Å². The van der Waals surface area contributed by atoms with Crippen LogP contribution in [0.25, 0.3) is 23.1 Å². The molecule has 3 heteroatoms. The topological polar surface area (TPSA) is 12.9 Å². The third-order valence-electron chi connectivity index (χ3n) is 2.86. The Hall–Kier alpha value is -1.64. The molecule has 0 saturated carbocycles. The van der Waals surface area contributed by atoms with E-state index >= 15 is 0 Å². The number of nitrogens with zero attached hydrogens (tertiary/aromatic N) is 1. The van der Waals surface area contributed by atoms with Crippen molar-refractivity contribution in [2.24, 2.45) is 0 Å². The number of pyridine rings is 1. The highest BCUT2D eigenvalue weighted by atomic mass is 35.5. The molecule has 1 aromatic carbocycles. The zero-order valence-corrected chi connectivity index (χ0v) is 12.0. The molecule has 0 spiro atoms. The van der Waals surface area contributed by atoms with E-state index in [0.717, 1.165) is 21.6 Å². The van der Waals surface area contributed by atoms with Crippen molar-refractivity contribution in [3.05, 3.63) is 62.9 Å². The Labute approximate surface area is 121 Å². The lowest BCUT2D eigenvalue weighted by Gasteiger charge is -1.99. The smallest absolute Gasteiger partial charge is 0.0724 e. The average molecular weight is 286 g/mol. The second kappa shape index (κ2) is 5.16. The molecule has 3 rings (SSSR count). The van der Waals surface area contributed by atoms with Crippen molar-refractivity contribution in [3.63, 3.8) is 0 Å². The molecule has 0 bridgehead atoms. The van der Waals surface area contributed by atoms with Gasteiger partial charge in [-0.1, -0.05) is 23.7 Å². The largest absolute Gasteiger partial charge is 0.248 e. The van der Waals surface area contributed by atoms with E-state index < -0.39 is 0 Å². The minimum atomic E-state index is 0.718. The quantitative estimate of drug-likeness (QED) is 0.612. The average Bonchev–Trinajstić information content (AvgIpc) is 2.81. The van der Waals surface area contributed by atoms with Gasteiger partial charge >= 0.3 is 0 Å². The van der Waals surface area contributed by atoms with Crippen molar-refractivity contribution in [1.82, 2.24) is 4.98 Å². The summed E-state index contributed by atoms with van der Waals surface area (Å²) in [6.07, 6.45) is 4.13. The maximum atomic E-state index is 5.99. The molecule has 0 amide bonds. The highest BCUT2D eigenvalue weighted by Crippen LogP contribution is 2.20. The normalized spacial score (nSPS) is 11.5. The molecule has 0 aliphatic heterocycles. The molecule has 0 fully saturated rings. The fourth-order valence-corrected chi connectivity index (χ4v) is 2.86. The summed E-state index contributed by atoms with van der Waals surface area (Å²) in [5.74, 6) is 0. The number of halogens is 1. The van der Waals surface area contributed by atoms with E-state index in [1.165, 1.54) is 9.75 Å². The molecule has 0 aliphatic rings. The van der Waals surface area contributed by atoms with E-state index in [2.05, 4.69) is 36.2 Å². The van der Waals surface area contributed by atoms with Gasteiger partial charge in [0.1, 0.15) is 0 Å². The van der Waals surface area contributed by atoms with Gasteiger partial charge < -0.3 is 0 Å². The van der Waals surface area contributed by atoms with E-state index in [4.69, 9.17) is 11.6 Å². The van der Waals surface area contributed by atoms with Gasteiger partial charge in [0, 0.05) is 20.2 Å². The summed E-state index contributed by atoms with van der Waals surface area (Å²) in [4.78, 5) is 7.15. The van der Waals surface area contributed by atoms with Crippen LogP contribution in [0.1, 0.15) is 15.4 Å².